The van der Waals surface area contributed by atoms with Crippen LogP contribution in [0.25, 0.3) is 22.5 Å². The lowest BCUT2D eigenvalue weighted by molar-refractivity contribution is -0.137. The molecule has 1 atom stereocenters. The van der Waals surface area contributed by atoms with Crippen LogP contribution in [0.15, 0.2) is 72.9 Å². The first-order valence-electron chi connectivity index (χ1n) is 12.3. The summed E-state index contributed by atoms with van der Waals surface area (Å²) in [6.45, 7) is 3.74. The van der Waals surface area contributed by atoms with E-state index in [1.165, 1.54) is 12.5 Å². The van der Waals surface area contributed by atoms with Gasteiger partial charge in [0.25, 0.3) is 0 Å². The van der Waals surface area contributed by atoms with E-state index in [-0.39, 0.29) is 6.04 Å². The van der Waals surface area contributed by atoms with Gasteiger partial charge in [0.15, 0.2) is 5.82 Å². The highest BCUT2D eigenvalue weighted by molar-refractivity contribution is 5.81. The van der Waals surface area contributed by atoms with Gasteiger partial charge in [-0.05, 0) is 56.0 Å². The number of piperidine rings is 1. The maximum Gasteiger partial charge on any atom is 0.416 e. The van der Waals surface area contributed by atoms with Crippen molar-refractivity contribution in [1.82, 2.24) is 20.2 Å². The molecule has 0 saturated carbocycles. The molecule has 4 aromatic rings. The van der Waals surface area contributed by atoms with E-state index in [0.717, 1.165) is 43.6 Å². The number of halogens is 3. The maximum absolute atomic E-state index is 13.5. The summed E-state index contributed by atoms with van der Waals surface area (Å²) < 4.78 is 40.4. The summed E-state index contributed by atoms with van der Waals surface area (Å²) >= 11 is 0. The van der Waals surface area contributed by atoms with Crippen LogP contribution in [0, 0.1) is 0 Å². The fraction of sp³-hybridized carbons (Fsp3) is 0.286. The summed E-state index contributed by atoms with van der Waals surface area (Å²) in [6, 6.07) is 18.7. The minimum absolute atomic E-state index is 0.0427. The second-order valence-electron chi connectivity index (χ2n) is 9.13. The predicted molar refractivity (Wildman–Crippen MR) is 138 cm³/mol. The SMILES string of the molecule is C[C@H](Nc1nccc(-c2cc(N3CCCCC3)nnc2-c2cccc(C(F)(F)F)c2)n1)c1ccccc1. The Balaban J connectivity index is 1.56. The third kappa shape index (κ3) is 5.71. The van der Waals surface area contributed by atoms with Crippen molar-refractivity contribution < 1.29 is 13.2 Å². The molecule has 1 saturated heterocycles. The number of aromatic nitrogens is 4. The molecule has 190 valence electrons. The van der Waals surface area contributed by atoms with Crippen LogP contribution in [-0.4, -0.2) is 33.3 Å². The lowest BCUT2D eigenvalue weighted by atomic mass is 10.0. The van der Waals surface area contributed by atoms with E-state index in [0.29, 0.717) is 34.3 Å². The van der Waals surface area contributed by atoms with Gasteiger partial charge in [-0.1, -0.05) is 42.5 Å². The number of hydrogen-bond acceptors (Lipinski definition) is 6. The quantitative estimate of drug-likeness (QED) is 0.312. The van der Waals surface area contributed by atoms with Crippen LogP contribution in [0.5, 0.6) is 0 Å². The number of benzene rings is 2. The second kappa shape index (κ2) is 10.5. The normalized spacial score (nSPS) is 14.9. The minimum Gasteiger partial charge on any atom is -0.355 e. The Hall–Kier alpha value is -4.01. The molecule has 0 aliphatic carbocycles. The molecular weight excluding hydrogens is 477 g/mol. The molecule has 0 bridgehead atoms. The Morgan fingerprint density at radius 2 is 1.68 bits per heavy atom. The fourth-order valence-electron chi connectivity index (χ4n) is 4.51. The first-order valence-corrected chi connectivity index (χ1v) is 12.3. The van der Waals surface area contributed by atoms with Gasteiger partial charge in [0.05, 0.1) is 17.3 Å². The van der Waals surface area contributed by atoms with E-state index in [1.54, 1.807) is 18.3 Å². The molecule has 1 N–H and O–H groups in total. The topological polar surface area (TPSA) is 66.8 Å². The molecule has 5 rings (SSSR count). The molecular formula is C28H27F3N6. The van der Waals surface area contributed by atoms with Crippen molar-refractivity contribution in [3.63, 3.8) is 0 Å². The van der Waals surface area contributed by atoms with Crippen molar-refractivity contribution in [3.05, 3.63) is 84.1 Å². The third-order valence-corrected chi connectivity index (χ3v) is 6.50. The van der Waals surface area contributed by atoms with Gasteiger partial charge in [0.1, 0.15) is 5.69 Å². The van der Waals surface area contributed by atoms with Crippen molar-refractivity contribution in [2.75, 3.05) is 23.3 Å². The van der Waals surface area contributed by atoms with Crippen molar-refractivity contribution in [1.29, 1.82) is 0 Å². The molecule has 6 nitrogen and oxygen atoms in total. The number of alkyl halides is 3. The van der Waals surface area contributed by atoms with Gasteiger partial charge in [-0.2, -0.15) is 13.2 Å². The molecule has 1 aliphatic rings. The molecule has 1 aliphatic heterocycles. The molecule has 0 spiro atoms. The number of nitrogens with one attached hydrogen (secondary N) is 1. The lowest BCUT2D eigenvalue weighted by Crippen LogP contribution is -2.30. The smallest absolute Gasteiger partial charge is 0.355 e. The zero-order valence-corrected chi connectivity index (χ0v) is 20.4. The maximum atomic E-state index is 13.5. The number of nitrogens with zero attached hydrogens (tertiary/aromatic N) is 5. The first-order chi connectivity index (χ1) is 17.9. The summed E-state index contributed by atoms with van der Waals surface area (Å²) in [7, 11) is 0. The van der Waals surface area contributed by atoms with Gasteiger partial charge >= 0.3 is 6.18 Å². The van der Waals surface area contributed by atoms with Crippen LogP contribution in [0.3, 0.4) is 0 Å². The average Bonchev–Trinajstić information content (AvgIpc) is 2.93. The van der Waals surface area contributed by atoms with Crippen LogP contribution in [-0.2, 0) is 6.18 Å². The molecule has 0 radical (unpaired) electrons. The highest BCUT2D eigenvalue weighted by atomic mass is 19.4. The molecule has 3 heterocycles. The minimum atomic E-state index is -4.46. The van der Waals surface area contributed by atoms with Gasteiger partial charge in [0, 0.05) is 30.4 Å². The highest BCUT2D eigenvalue weighted by Gasteiger charge is 2.31. The van der Waals surface area contributed by atoms with Gasteiger partial charge < -0.3 is 10.2 Å². The molecule has 1 fully saturated rings. The van der Waals surface area contributed by atoms with E-state index in [4.69, 9.17) is 4.98 Å². The first kappa shape index (κ1) is 24.7. The number of rotatable bonds is 6. The molecule has 2 aromatic carbocycles. The lowest BCUT2D eigenvalue weighted by Gasteiger charge is -2.27. The summed E-state index contributed by atoms with van der Waals surface area (Å²) in [6.07, 6.45) is 0.465. The zero-order valence-electron chi connectivity index (χ0n) is 20.4. The Bertz CT molecular complexity index is 1350. The number of hydrogen-bond donors (Lipinski definition) is 1. The summed E-state index contributed by atoms with van der Waals surface area (Å²) in [5.74, 6) is 1.11. The Morgan fingerprint density at radius 1 is 0.892 bits per heavy atom. The Labute approximate surface area is 213 Å². The van der Waals surface area contributed by atoms with E-state index >= 15 is 0 Å². The summed E-state index contributed by atoms with van der Waals surface area (Å²) in [5, 5.41) is 12.1. The van der Waals surface area contributed by atoms with E-state index in [1.807, 2.05) is 43.3 Å². The van der Waals surface area contributed by atoms with Crippen LogP contribution in [0.4, 0.5) is 24.9 Å². The van der Waals surface area contributed by atoms with Crippen LogP contribution in [0.1, 0.15) is 43.4 Å². The molecule has 0 unspecified atom stereocenters. The standard InChI is InChI=1S/C28H27F3N6/c1-19(20-9-4-2-5-10-20)33-27-32-14-13-24(34-27)23-18-25(37-15-6-3-7-16-37)35-36-26(23)21-11-8-12-22(17-21)28(29,30)31/h2,4-5,8-14,17-19H,3,6-7,15-16H2,1H3,(H,32,33,34)/t19-/m0/s1. The van der Waals surface area contributed by atoms with Crippen LogP contribution >= 0.6 is 0 Å². The number of anilines is 2. The van der Waals surface area contributed by atoms with Crippen molar-refractivity contribution in [2.45, 2.75) is 38.4 Å². The van der Waals surface area contributed by atoms with E-state index in [9.17, 15) is 13.2 Å². The Kier molecular flexibility index (Phi) is 7.03. The monoisotopic (exact) mass is 504 g/mol. The largest absolute Gasteiger partial charge is 0.416 e. The van der Waals surface area contributed by atoms with Gasteiger partial charge in [0.2, 0.25) is 5.95 Å². The predicted octanol–water partition coefficient (Wildman–Crippen LogP) is 6.78. The van der Waals surface area contributed by atoms with Gasteiger partial charge in [-0.25, -0.2) is 9.97 Å². The van der Waals surface area contributed by atoms with E-state index < -0.39 is 11.7 Å². The molecule has 2 aromatic heterocycles. The summed E-state index contributed by atoms with van der Waals surface area (Å²) in [5.41, 5.74) is 2.17. The summed E-state index contributed by atoms with van der Waals surface area (Å²) in [4.78, 5) is 11.3. The van der Waals surface area contributed by atoms with Crippen LogP contribution in [0.2, 0.25) is 0 Å². The van der Waals surface area contributed by atoms with Gasteiger partial charge in [-0.3, -0.25) is 0 Å². The van der Waals surface area contributed by atoms with E-state index in [2.05, 4.69) is 25.4 Å². The fourth-order valence-corrected chi connectivity index (χ4v) is 4.51. The van der Waals surface area contributed by atoms with Crippen molar-refractivity contribution in [2.24, 2.45) is 0 Å². The highest BCUT2D eigenvalue weighted by Crippen LogP contribution is 2.36. The van der Waals surface area contributed by atoms with Crippen LogP contribution < -0.4 is 10.2 Å². The third-order valence-electron chi connectivity index (χ3n) is 6.50. The van der Waals surface area contributed by atoms with Crippen molar-refractivity contribution >= 4 is 11.8 Å². The van der Waals surface area contributed by atoms with Crippen molar-refractivity contribution in [3.8, 4) is 22.5 Å². The zero-order chi connectivity index (χ0) is 25.8. The average molecular weight is 505 g/mol. The van der Waals surface area contributed by atoms with Gasteiger partial charge in [-0.15, -0.1) is 10.2 Å². The molecule has 37 heavy (non-hydrogen) atoms. The molecule has 9 heteroatoms. The Morgan fingerprint density at radius 3 is 2.43 bits per heavy atom. The molecule has 0 amide bonds. The second-order valence-corrected chi connectivity index (χ2v) is 9.13.